The summed E-state index contributed by atoms with van der Waals surface area (Å²) in [5, 5.41) is 12.2. The number of benzene rings is 2. The lowest BCUT2D eigenvalue weighted by Crippen LogP contribution is -2.15. The van der Waals surface area contributed by atoms with E-state index in [1.807, 2.05) is 25.1 Å². The van der Waals surface area contributed by atoms with E-state index < -0.39 is 5.91 Å². The lowest BCUT2D eigenvalue weighted by molar-refractivity contribution is 0.102. The number of aliphatic hydroxyl groups is 1. The van der Waals surface area contributed by atoms with E-state index in [-0.39, 0.29) is 17.9 Å². The molecule has 9 heteroatoms. The fourth-order valence-electron chi connectivity index (χ4n) is 3.40. The summed E-state index contributed by atoms with van der Waals surface area (Å²) in [7, 11) is 0. The number of rotatable bonds is 5. The first-order valence-corrected chi connectivity index (χ1v) is 11.5. The van der Waals surface area contributed by atoms with Gasteiger partial charge in [0.1, 0.15) is 11.5 Å². The van der Waals surface area contributed by atoms with Crippen LogP contribution >= 0.6 is 27.5 Å². The third kappa shape index (κ3) is 4.94. The topological polar surface area (TPSA) is 108 Å². The number of aliphatic hydroxyl groups excluding tert-OH is 1. The molecule has 0 fully saturated rings. The van der Waals surface area contributed by atoms with Crippen molar-refractivity contribution in [1.82, 2.24) is 15.0 Å². The van der Waals surface area contributed by atoms with Gasteiger partial charge >= 0.3 is 0 Å². The highest BCUT2D eigenvalue weighted by Crippen LogP contribution is 2.31. The van der Waals surface area contributed by atoms with Crippen molar-refractivity contribution < 1.29 is 9.90 Å². The van der Waals surface area contributed by atoms with Crippen LogP contribution in [-0.4, -0.2) is 26.0 Å². The van der Waals surface area contributed by atoms with Gasteiger partial charge in [0.2, 0.25) is 0 Å². The predicted molar refractivity (Wildman–Crippen MR) is 136 cm³/mol. The Hall–Kier alpha value is -3.33. The maximum absolute atomic E-state index is 12.7. The summed E-state index contributed by atoms with van der Waals surface area (Å²) in [6.07, 6.45) is 1.44. The summed E-state index contributed by atoms with van der Waals surface area (Å²) in [6, 6.07) is 13.9. The molecule has 2 aromatic heterocycles. The second-order valence-corrected chi connectivity index (χ2v) is 9.03. The molecule has 0 aliphatic carbocycles. The molecule has 0 unspecified atom stereocenters. The maximum Gasteiger partial charge on any atom is 0.274 e. The Morgan fingerprint density at radius 2 is 1.91 bits per heavy atom. The number of anilines is 1. The zero-order chi connectivity index (χ0) is 24.4. The monoisotopic (exact) mass is 538 g/mol. The molecule has 3 N–H and O–H groups in total. The maximum atomic E-state index is 12.7. The van der Waals surface area contributed by atoms with Crippen molar-refractivity contribution >= 4 is 39.1 Å². The molecule has 0 aliphatic rings. The number of nitrogens with one attached hydrogen (secondary N) is 2. The summed E-state index contributed by atoms with van der Waals surface area (Å²) in [6.45, 7) is 3.54. The predicted octanol–water partition coefficient (Wildman–Crippen LogP) is 5.28. The molecule has 4 rings (SSSR count). The highest BCUT2D eigenvalue weighted by molar-refractivity contribution is 9.10. The zero-order valence-corrected chi connectivity index (χ0v) is 20.7. The molecule has 4 aromatic rings. The smallest absolute Gasteiger partial charge is 0.274 e. The second kappa shape index (κ2) is 9.89. The van der Waals surface area contributed by atoms with E-state index in [0.29, 0.717) is 38.9 Å². The van der Waals surface area contributed by atoms with Gasteiger partial charge in [-0.15, -0.1) is 0 Å². The van der Waals surface area contributed by atoms with Crippen molar-refractivity contribution in [3.8, 4) is 22.6 Å². The van der Waals surface area contributed by atoms with Gasteiger partial charge in [-0.05, 0) is 61.4 Å². The van der Waals surface area contributed by atoms with Gasteiger partial charge in [0.05, 0.1) is 17.3 Å². The number of aromatic nitrogens is 3. The number of halogens is 2. The Balaban J connectivity index is 1.66. The van der Waals surface area contributed by atoms with Crippen LogP contribution in [0.3, 0.4) is 0 Å². The van der Waals surface area contributed by atoms with Gasteiger partial charge in [0.25, 0.3) is 11.5 Å². The Kier molecular flexibility index (Phi) is 6.92. The van der Waals surface area contributed by atoms with E-state index in [2.05, 4.69) is 31.2 Å². The van der Waals surface area contributed by atoms with E-state index in [1.54, 1.807) is 31.2 Å². The van der Waals surface area contributed by atoms with Crippen molar-refractivity contribution in [2.75, 3.05) is 5.32 Å². The summed E-state index contributed by atoms with van der Waals surface area (Å²) in [5.74, 6) is -0.0864. The molecule has 0 saturated carbocycles. The van der Waals surface area contributed by atoms with Crippen molar-refractivity contribution in [3.63, 3.8) is 0 Å². The molecule has 34 heavy (non-hydrogen) atoms. The Bertz CT molecular complexity index is 1450. The van der Waals surface area contributed by atoms with Crippen molar-refractivity contribution in [2.45, 2.75) is 20.5 Å². The molecule has 0 atom stereocenters. The van der Waals surface area contributed by atoms with Gasteiger partial charge in [-0.1, -0.05) is 39.7 Å². The van der Waals surface area contributed by atoms with Crippen LogP contribution in [0.5, 0.6) is 0 Å². The Morgan fingerprint density at radius 3 is 2.59 bits per heavy atom. The van der Waals surface area contributed by atoms with Gasteiger partial charge in [0, 0.05) is 33.0 Å². The number of carbonyl (C=O) groups excluding carboxylic acids is 1. The highest BCUT2D eigenvalue weighted by Gasteiger charge is 2.16. The molecular weight excluding hydrogens is 520 g/mol. The average molecular weight is 540 g/mol. The number of pyridine rings is 1. The minimum Gasteiger partial charge on any atom is -0.392 e. The summed E-state index contributed by atoms with van der Waals surface area (Å²) < 4.78 is 0.884. The van der Waals surface area contributed by atoms with E-state index in [0.717, 1.165) is 15.6 Å². The van der Waals surface area contributed by atoms with Crippen LogP contribution in [0.2, 0.25) is 5.02 Å². The Labute approximate surface area is 209 Å². The highest BCUT2D eigenvalue weighted by atomic mass is 79.9. The summed E-state index contributed by atoms with van der Waals surface area (Å²) in [4.78, 5) is 36.7. The van der Waals surface area contributed by atoms with Crippen LogP contribution in [0.1, 0.15) is 27.2 Å². The Morgan fingerprint density at radius 1 is 1.12 bits per heavy atom. The third-order valence-electron chi connectivity index (χ3n) is 5.33. The molecule has 0 aliphatic heterocycles. The summed E-state index contributed by atoms with van der Waals surface area (Å²) >= 11 is 9.99. The minimum absolute atomic E-state index is 0.149. The number of H-pyrrole nitrogens is 1. The van der Waals surface area contributed by atoms with Gasteiger partial charge < -0.3 is 15.4 Å². The molecule has 7 nitrogen and oxygen atoms in total. The quantitative estimate of drug-likeness (QED) is 0.320. The molecule has 2 heterocycles. The molecular formula is C25H20BrClN4O3. The normalized spacial score (nSPS) is 10.9. The molecule has 0 bridgehead atoms. The van der Waals surface area contributed by atoms with E-state index in [9.17, 15) is 9.59 Å². The molecule has 0 spiro atoms. The molecule has 1 amide bonds. The van der Waals surface area contributed by atoms with Crippen LogP contribution in [0.15, 0.2) is 64.0 Å². The van der Waals surface area contributed by atoms with Crippen LogP contribution in [-0.2, 0) is 6.61 Å². The standard InChI is InChI=1S/C25H20BrClN4O3/c1-13-3-5-16(26)9-19(13)22-14(2)24(33)31-23(30-22)18-7-6-17(10-20(18)27)29-25(34)21-8-4-15(12-32)11-28-21/h3-11,32H,12H2,1-2H3,(H,29,34)(H,30,31,33). The number of amides is 1. The zero-order valence-electron chi connectivity index (χ0n) is 18.3. The lowest BCUT2D eigenvalue weighted by Gasteiger charge is -2.12. The largest absolute Gasteiger partial charge is 0.392 e. The number of nitrogens with zero attached hydrogens (tertiary/aromatic N) is 2. The first-order chi connectivity index (χ1) is 16.3. The first-order valence-electron chi connectivity index (χ1n) is 10.3. The average Bonchev–Trinajstić information content (AvgIpc) is 2.82. The van der Waals surface area contributed by atoms with E-state index in [1.165, 1.54) is 12.3 Å². The van der Waals surface area contributed by atoms with Gasteiger partial charge in [-0.3, -0.25) is 14.6 Å². The van der Waals surface area contributed by atoms with Crippen molar-refractivity contribution in [3.05, 3.63) is 97.0 Å². The van der Waals surface area contributed by atoms with Crippen LogP contribution in [0.4, 0.5) is 5.69 Å². The van der Waals surface area contributed by atoms with Gasteiger partial charge in [0.15, 0.2) is 0 Å². The molecule has 0 saturated heterocycles. The number of hydrogen-bond acceptors (Lipinski definition) is 5. The van der Waals surface area contributed by atoms with Crippen molar-refractivity contribution in [2.24, 2.45) is 0 Å². The van der Waals surface area contributed by atoms with Gasteiger partial charge in [-0.25, -0.2) is 4.98 Å². The summed E-state index contributed by atoms with van der Waals surface area (Å²) in [5.41, 5.74) is 4.45. The van der Waals surface area contributed by atoms with E-state index in [4.69, 9.17) is 21.7 Å². The van der Waals surface area contributed by atoms with Crippen LogP contribution in [0, 0.1) is 13.8 Å². The van der Waals surface area contributed by atoms with Crippen molar-refractivity contribution in [1.29, 1.82) is 0 Å². The van der Waals surface area contributed by atoms with Crippen LogP contribution < -0.4 is 10.9 Å². The fraction of sp³-hybridized carbons (Fsp3) is 0.120. The van der Waals surface area contributed by atoms with Gasteiger partial charge in [-0.2, -0.15) is 0 Å². The molecule has 2 aromatic carbocycles. The second-order valence-electron chi connectivity index (χ2n) is 7.71. The molecule has 172 valence electrons. The fourth-order valence-corrected chi connectivity index (χ4v) is 4.04. The number of aryl methyl sites for hydroxylation is 1. The minimum atomic E-state index is -0.414. The molecule has 0 radical (unpaired) electrons. The van der Waals surface area contributed by atoms with E-state index >= 15 is 0 Å². The number of aromatic amines is 1. The SMILES string of the molecule is Cc1ccc(Br)cc1-c1nc(-c2ccc(NC(=O)c3ccc(CO)cn3)cc2Cl)[nH]c(=O)c1C. The number of carbonyl (C=O) groups is 1. The van der Waals surface area contributed by atoms with Crippen LogP contribution in [0.25, 0.3) is 22.6 Å². The lowest BCUT2D eigenvalue weighted by atomic mass is 10.0. The first kappa shape index (κ1) is 23.8. The number of hydrogen-bond donors (Lipinski definition) is 3. The third-order valence-corrected chi connectivity index (χ3v) is 6.13.